The molecular weight excluding hydrogens is 494 g/mol. The molecule has 2 N–H and O–H groups in total. The van der Waals surface area contributed by atoms with Gasteiger partial charge in [0.2, 0.25) is 0 Å². The lowest BCUT2D eigenvalue weighted by Gasteiger charge is -2.37. The van der Waals surface area contributed by atoms with Crippen molar-refractivity contribution in [2.45, 2.75) is 0 Å². The standard InChI is InChI=1S/C29H29N7O3/c30-20-21-1-3-22(4-2-21)27(37)33-25-19-24(29(39)35-13-11-32-12-14-35)5-6-26(25)34-15-17-36(18-16-34)28(38)23-7-9-31-10-8-23/h1-10,19,32H,11-18H2,(H,33,37). The molecule has 0 saturated carbocycles. The third-order valence-electron chi connectivity index (χ3n) is 7.01. The molecular formula is C29H29N7O3. The van der Waals surface area contributed by atoms with E-state index < -0.39 is 0 Å². The first-order valence-corrected chi connectivity index (χ1v) is 12.9. The molecule has 0 aliphatic carbocycles. The van der Waals surface area contributed by atoms with Gasteiger partial charge in [0.15, 0.2) is 0 Å². The van der Waals surface area contributed by atoms with Crippen LogP contribution in [-0.4, -0.2) is 84.9 Å². The van der Waals surface area contributed by atoms with Crippen LogP contribution >= 0.6 is 0 Å². The van der Waals surface area contributed by atoms with Crippen molar-refractivity contribution < 1.29 is 14.4 Å². The van der Waals surface area contributed by atoms with Gasteiger partial charge in [0, 0.05) is 81.4 Å². The minimum absolute atomic E-state index is 0.0386. The first kappa shape index (κ1) is 25.9. The number of pyridine rings is 1. The summed E-state index contributed by atoms with van der Waals surface area (Å²) in [6.07, 6.45) is 3.21. The van der Waals surface area contributed by atoms with E-state index >= 15 is 0 Å². The van der Waals surface area contributed by atoms with Crippen molar-refractivity contribution in [3.05, 3.63) is 89.2 Å². The summed E-state index contributed by atoms with van der Waals surface area (Å²) in [6.45, 7) is 4.92. The van der Waals surface area contributed by atoms with Gasteiger partial charge in [0.25, 0.3) is 17.7 Å². The lowest BCUT2D eigenvalue weighted by molar-refractivity contribution is 0.0731. The molecule has 1 aromatic heterocycles. The molecule has 2 aromatic carbocycles. The molecule has 0 bridgehead atoms. The number of carbonyl (C=O) groups is 3. The maximum absolute atomic E-state index is 13.2. The summed E-state index contributed by atoms with van der Waals surface area (Å²) < 4.78 is 0. The summed E-state index contributed by atoms with van der Waals surface area (Å²) in [5.41, 5.74) is 3.29. The van der Waals surface area contributed by atoms with Gasteiger partial charge in [0.05, 0.1) is 23.0 Å². The zero-order valence-corrected chi connectivity index (χ0v) is 21.5. The van der Waals surface area contributed by atoms with Crippen LogP contribution in [0.1, 0.15) is 36.6 Å². The molecule has 3 heterocycles. The van der Waals surface area contributed by atoms with E-state index in [0.717, 1.165) is 18.8 Å². The summed E-state index contributed by atoms with van der Waals surface area (Å²) in [5.74, 6) is -0.452. The lowest BCUT2D eigenvalue weighted by Crippen LogP contribution is -2.49. The highest BCUT2D eigenvalue weighted by Crippen LogP contribution is 2.30. The zero-order chi connectivity index (χ0) is 27.2. The minimum Gasteiger partial charge on any atom is -0.366 e. The Morgan fingerprint density at radius 2 is 1.38 bits per heavy atom. The van der Waals surface area contributed by atoms with E-state index in [9.17, 15) is 14.4 Å². The van der Waals surface area contributed by atoms with Crippen molar-refractivity contribution in [3.63, 3.8) is 0 Å². The first-order valence-electron chi connectivity index (χ1n) is 12.9. The maximum Gasteiger partial charge on any atom is 0.255 e. The maximum atomic E-state index is 13.2. The van der Waals surface area contributed by atoms with Crippen LogP contribution in [0.3, 0.4) is 0 Å². The van der Waals surface area contributed by atoms with Crippen LogP contribution in [0, 0.1) is 11.3 Å². The number of hydrogen-bond acceptors (Lipinski definition) is 7. The predicted molar refractivity (Wildman–Crippen MR) is 147 cm³/mol. The Bertz CT molecular complexity index is 1390. The van der Waals surface area contributed by atoms with Crippen molar-refractivity contribution in [1.29, 1.82) is 5.26 Å². The van der Waals surface area contributed by atoms with Gasteiger partial charge in [-0.25, -0.2) is 0 Å². The summed E-state index contributed by atoms with van der Waals surface area (Å²) in [6, 6.07) is 17.3. The third-order valence-corrected chi connectivity index (χ3v) is 7.01. The molecule has 0 atom stereocenters. The van der Waals surface area contributed by atoms with Gasteiger partial charge in [-0.1, -0.05) is 0 Å². The smallest absolute Gasteiger partial charge is 0.255 e. The molecule has 3 amide bonds. The number of nitrogens with one attached hydrogen (secondary N) is 2. The molecule has 198 valence electrons. The predicted octanol–water partition coefficient (Wildman–Crippen LogP) is 2.21. The number of carbonyl (C=O) groups excluding carboxylic acids is 3. The van der Waals surface area contributed by atoms with Crippen LogP contribution in [0.15, 0.2) is 67.0 Å². The summed E-state index contributed by atoms with van der Waals surface area (Å²) in [7, 11) is 0. The zero-order valence-electron chi connectivity index (χ0n) is 21.5. The van der Waals surface area contributed by atoms with Gasteiger partial charge in [-0.05, 0) is 54.6 Å². The van der Waals surface area contributed by atoms with Crippen molar-refractivity contribution >= 4 is 29.1 Å². The van der Waals surface area contributed by atoms with Crippen LogP contribution < -0.4 is 15.5 Å². The summed E-state index contributed by atoms with van der Waals surface area (Å²) in [4.78, 5) is 49.0. The second-order valence-electron chi connectivity index (χ2n) is 9.43. The van der Waals surface area contributed by atoms with Crippen LogP contribution in [0.5, 0.6) is 0 Å². The number of nitrogens with zero attached hydrogens (tertiary/aromatic N) is 5. The highest BCUT2D eigenvalue weighted by atomic mass is 16.2. The highest BCUT2D eigenvalue weighted by Gasteiger charge is 2.26. The molecule has 5 rings (SSSR count). The number of piperazine rings is 2. The van der Waals surface area contributed by atoms with Crippen LogP contribution in [-0.2, 0) is 0 Å². The lowest BCUT2D eigenvalue weighted by atomic mass is 10.1. The molecule has 10 heteroatoms. The van der Waals surface area contributed by atoms with E-state index in [4.69, 9.17) is 5.26 Å². The highest BCUT2D eigenvalue weighted by molar-refractivity contribution is 6.07. The molecule has 0 radical (unpaired) electrons. The second kappa shape index (κ2) is 11.8. The van der Waals surface area contributed by atoms with Gasteiger partial charge in [0.1, 0.15) is 0 Å². The molecule has 0 spiro atoms. The quantitative estimate of drug-likeness (QED) is 0.526. The Morgan fingerprint density at radius 1 is 0.769 bits per heavy atom. The average molecular weight is 524 g/mol. The van der Waals surface area contributed by atoms with E-state index in [1.807, 2.05) is 11.0 Å². The van der Waals surface area contributed by atoms with Crippen molar-refractivity contribution in [2.75, 3.05) is 62.6 Å². The van der Waals surface area contributed by atoms with Gasteiger partial charge < -0.3 is 25.3 Å². The monoisotopic (exact) mass is 523 g/mol. The van der Waals surface area contributed by atoms with Gasteiger partial charge in [-0.2, -0.15) is 5.26 Å². The van der Waals surface area contributed by atoms with E-state index in [-0.39, 0.29) is 17.7 Å². The number of hydrogen-bond donors (Lipinski definition) is 2. The number of nitriles is 1. The van der Waals surface area contributed by atoms with E-state index in [1.165, 1.54) is 0 Å². The van der Waals surface area contributed by atoms with Gasteiger partial charge in [-0.15, -0.1) is 0 Å². The van der Waals surface area contributed by atoms with Crippen molar-refractivity contribution in [1.82, 2.24) is 20.1 Å². The molecule has 3 aromatic rings. The van der Waals surface area contributed by atoms with E-state index in [2.05, 4.69) is 26.6 Å². The molecule has 10 nitrogen and oxygen atoms in total. The number of aromatic nitrogens is 1. The molecule has 2 fully saturated rings. The molecule has 2 saturated heterocycles. The topological polar surface area (TPSA) is 122 Å². The number of amides is 3. The fourth-order valence-corrected chi connectivity index (χ4v) is 4.81. The Labute approximate surface area is 226 Å². The molecule has 2 aliphatic heterocycles. The number of rotatable bonds is 5. The van der Waals surface area contributed by atoms with Gasteiger partial charge >= 0.3 is 0 Å². The second-order valence-corrected chi connectivity index (χ2v) is 9.43. The summed E-state index contributed by atoms with van der Waals surface area (Å²) >= 11 is 0. The fraction of sp³-hybridized carbons (Fsp3) is 0.276. The van der Waals surface area contributed by atoms with Crippen LogP contribution in [0.4, 0.5) is 11.4 Å². The van der Waals surface area contributed by atoms with Crippen LogP contribution in [0.2, 0.25) is 0 Å². The third kappa shape index (κ3) is 5.89. The molecule has 0 unspecified atom stereocenters. The Morgan fingerprint density at radius 3 is 2.05 bits per heavy atom. The molecule has 39 heavy (non-hydrogen) atoms. The van der Waals surface area contributed by atoms with E-state index in [1.54, 1.807) is 65.8 Å². The van der Waals surface area contributed by atoms with E-state index in [0.29, 0.717) is 67.2 Å². The first-order chi connectivity index (χ1) is 19.0. The summed E-state index contributed by atoms with van der Waals surface area (Å²) in [5, 5.41) is 15.3. The van der Waals surface area contributed by atoms with Gasteiger partial charge in [-0.3, -0.25) is 19.4 Å². The number of benzene rings is 2. The largest absolute Gasteiger partial charge is 0.366 e. The molecule has 2 aliphatic rings. The average Bonchev–Trinajstić information content (AvgIpc) is 3.01. The normalized spacial score (nSPS) is 15.4. The van der Waals surface area contributed by atoms with Crippen LogP contribution in [0.25, 0.3) is 0 Å². The Hall–Kier alpha value is -4.75. The SMILES string of the molecule is N#Cc1ccc(C(=O)Nc2cc(C(=O)N3CCNCC3)ccc2N2CCN(C(=O)c3ccncc3)CC2)cc1. The minimum atomic E-state index is -0.334. The Kier molecular flexibility index (Phi) is 7.80. The van der Waals surface area contributed by atoms with Crippen molar-refractivity contribution in [2.24, 2.45) is 0 Å². The van der Waals surface area contributed by atoms with Crippen molar-refractivity contribution in [3.8, 4) is 6.07 Å². The fourth-order valence-electron chi connectivity index (χ4n) is 4.81. The number of anilines is 2. The Balaban J connectivity index is 1.37.